The van der Waals surface area contributed by atoms with Crippen molar-refractivity contribution < 1.29 is 28.7 Å². The van der Waals surface area contributed by atoms with Crippen LogP contribution in [-0.4, -0.2) is 60.2 Å². The van der Waals surface area contributed by atoms with E-state index in [1.54, 1.807) is 30.3 Å². The molecule has 36 heavy (non-hydrogen) atoms. The summed E-state index contributed by atoms with van der Waals surface area (Å²) < 4.78 is 6.05. The Hall–Kier alpha value is -4.21. The zero-order valence-electron chi connectivity index (χ0n) is 19.6. The molecule has 2 saturated heterocycles. The average Bonchev–Trinajstić information content (AvgIpc) is 3.13. The quantitative estimate of drug-likeness (QED) is 0.585. The molecule has 0 aliphatic carbocycles. The first-order chi connectivity index (χ1) is 17.3. The molecule has 3 aliphatic heterocycles. The second-order valence-electron chi connectivity index (χ2n) is 9.28. The maximum atomic E-state index is 13.2. The van der Waals surface area contributed by atoms with E-state index in [-0.39, 0.29) is 29.9 Å². The van der Waals surface area contributed by atoms with Crippen molar-refractivity contribution in [2.75, 3.05) is 24.6 Å². The van der Waals surface area contributed by atoms with Crippen LogP contribution >= 0.6 is 0 Å². The highest BCUT2D eigenvalue weighted by atomic mass is 16.5. The van der Waals surface area contributed by atoms with Crippen molar-refractivity contribution in [2.24, 2.45) is 11.7 Å². The predicted octanol–water partition coefficient (Wildman–Crippen LogP) is 1.48. The minimum absolute atomic E-state index is 0.0706. The number of hydrogen-bond donors (Lipinski definition) is 2. The van der Waals surface area contributed by atoms with Crippen LogP contribution in [-0.2, 0) is 9.59 Å². The number of nitrogens with two attached hydrogens (primary N) is 1. The zero-order chi connectivity index (χ0) is 25.4. The van der Waals surface area contributed by atoms with Gasteiger partial charge in [0, 0.05) is 30.8 Å². The lowest BCUT2D eigenvalue weighted by Gasteiger charge is -2.33. The third-order valence-corrected chi connectivity index (χ3v) is 7.04. The summed E-state index contributed by atoms with van der Waals surface area (Å²) in [6.45, 7) is 2.03. The van der Waals surface area contributed by atoms with E-state index in [4.69, 9.17) is 10.5 Å². The molecule has 1 atom stereocenters. The molecule has 5 amide bonds. The SMILES string of the molecule is NC(=O)c1ccc(N2CCC(COc3cccc4c3C(=O)N(C3CCC(=O)NC3=O)C4=O)CC2)cc1. The third-order valence-electron chi connectivity index (χ3n) is 7.04. The molecule has 186 valence electrons. The van der Waals surface area contributed by atoms with Gasteiger partial charge < -0.3 is 15.4 Å². The highest BCUT2D eigenvalue weighted by molar-refractivity contribution is 6.24. The molecule has 0 saturated carbocycles. The number of anilines is 1. The number of amides is 5. The summed E-state index contributed by atoms with van der Waals surface area (Å²) in [5.41, 5.74) is 7.18. The minimum atomic E-state index is -1.01. The van der Waals surface area contributed by atoms with Crippen LogP contribution in [0.15, 0.2) is 42.5 Å². The van der Waals surface area contributed by atoms with E-state index < -0.39 is 35.6 Å². The summed E-state index contributed by atoms with van der Waals surface area (Å²) in [6, 6.07) is 11.1. The summed E-state index contributed by atoms with van der Waals surface area (Å²) in [5.74, 6) is -2.04. The topological polar surface area (TPSA) is 139 Å². The van der Waals surface area contributed by atoms with E-state index in [0.29, 0.717) is 17.9 Å². The van der Waals surface area contributed by atoms with Gasteiger partial charge in [-0.25, -0.2) is 0 Å². The van der Waals surface area contributed by atoms with Gasteiger partial charge in [0.2, 0.25) is 17.7 Å². The summed E-state index contributed by atoms with van der Waals surface area (Å²) >= 11 is 0. The van der Waals surface area contributed by atoms with Gasteiger partial charge in [-0.3, -0.25) is 34.2 Å². The molecule has 10 heteroatoms. The number of imide groups is 2. The molecule has 3 heterocycles. The molecule has 0 spiro atoms. The monoisotopic (exact) mass is 490 g/mol. The average molecular weight is 491 g/mol. The van der Waals surface area contributed by atoms with Gasteiger partial charge in [0.05, 0.1) is 17.7 Å². The maximum absolute atomic E-state index is 13.2. The largest absolute Gasteiger partial charge is 0.492 e. The van der Waals surface area contributed by atoms with Gasteiger partial charge in [-0.05, 0) is 61.6 Å². The Balaban J connectivity index is 1.22. The Labute approximate surface area is 207 Å². The van der Waals surface area contributed by atoms with Crippen molar-refractivity contribution in [3.8, 4) is 5.75 Å². The fourth-order valence-corrected chi connectivity index (χ4v) is 5.01. The molecule has 3 aliphatic rings. The van der Waals surface area contributed by atoms with Gasteiger partial charge in [-0.2, -0.15) is 0 Å². The fraction of sp³-hybridized carbons (Fsp3) is 0.346. The van der Waals surface area contributed by atoms with Crippen molar-refractivity contribution in [1.29, 1.82) is 0 Å². The van der Waals surface area contributed by atoms with Gasteiger partial charge in [-0.15, -0.1) is 0 Å². The van der Waals surface area contributed by atoms with Gasteiger partial charge in [-0.1, -0.05) is 6.07 Å². The molecule has 10 nitrogen and oxygen atoms in total. The first-order valence-electron chi connectivity index (χ1n) is 12.0. The second-order valence-corrected chi connectivity index (χ2v) is 9.28. The highest BCUT2D eigenvalue weighted by Gasteiger charge is 2.46. The smallest absolute Gasteiger partial charge is 0.266 e. The molecule has 0 radical (unpaired) electrons. The number of hydrogen-bond acceptors (Lipinski definition) is 7. The Kier molecular flexibility index (Phi) is 6.17. The number of nitrogens with one attached hydrogen (secondary N) is 1. The van der Waals surface area contributed by atoms with Gasteiger partial charge in [0.15, 0.2) is 0 Å². The predicted molar refractivity (Wildman–Crippen MR) is 129 cm³/mol. The fourth-order valence-electron chi connectivity index (χ4n) is 5.01. The number of ether oxygens (including phenoxy) is 1. The molecule has 0 aromatic heterocycles. The third kappa shape index (κ3) is 4.30. The number of fused-ring (bicyclic) bond motifs is 1. The van der Waals surface area contributed by atoms with Crippen molar-refractivity contribution in [3.63, 3.8) is 0 Å². The number of carbonyl (C=O) groups excluding carboxylic acids is 5. The number of rotatable bonds is 6. The van der Waals surface area contributed by atoms with E-state index in [2.05, 4.69) is 10.2 Å². The van der Waals surface area contributed by atoms with Crippen LogP contribution in [0.2, 0.25) is 0 Å². The molecular formula is C26H26N4O6. The Morgan fingerprint density at radius 2 is 1.69 bits per heavy atom. The molecule has 2 aromatic carbocycles. The van der Waals surface area contributed by atoms with Gasteiger partial charge >= 0.3 is 0 Å². The number of primary amides is 1. The lowest BCUT2D eigenvalue weighted by atomic mass is 9.97. The normalized spacial score (nSPS) is 20.4. The van der Waals surface area contributed by atoms with Crippen molar-refractivity contribution in [1.82, 2.24) is 10.2 Å². The van der Waals surface area contributed by atoms with Crippen LogP contribution in [0, 0.1) is 5.92 Å². The molecule has 2 fully saturated rings. The molecule has 1 unspecified atom stereocenters. The Morgan fingerprint density at radius 1 is 0.972 bits per heavy atom. The van der Waals surface area contributed by atoms with Crippen LogP contribution in [0.5, 0.6) is 5.75 Å². The molecular weight excluding hydrogens is 464 g/mol. The standard InChI is InChI=1S/C26H26N4O6/c27-23(32)16-4-6-17(7-5-16)29-12-10-15(11-13-29)14-36-20-3-1-2-18-22(20)26(35)30(25(18)34)19-8-9-21(31)28-24(19)33/h1-7,15,19H,8-14H2,(H2,27,32)(H,28,31,33). The van der Waals surface area contributed by atoms with E-state index >= 15 is 0 Å². The van der Waals surface area contributed by atoms with E-state index in [9.17, 15) is 24.0 Å². The summed E-state index contributed by atoms with van der Waals surface area (Å²) in [4.78, 5) is 64.4. The second kappa shape index (κ2) is 9.44. The summed E-state index contributed by atoms with van der Waals surface area (Å²) in [6.07, 6.45) is 1.93. The van der Waals surface area contributed by atoms with Crippen molar-refractivity contribution >= 4 is 35.2 Å². The van der Waals surface area contributed by atoms with Crippen molar-refractivity contribution in [3.05, 3.63) is 59.2 Å². The lowest BCUT2D eigenvalue weighted by Crippen LogP contribution is -2.54. The molecule has 0 bridgehead atoms. The molecule has 3 N–H and O–H groups in total. The number of benzene rings is 2. The van der Waals surface area contributed by atoms with Crippen LogP contribution in [0.3, 0.4) is 0 Å². The first-order valence-corrected chi connectivity index (χ1v) is 12.0. The van der Waals surface area contributed by atoms with Gasteiger partial charge in [0.1, 0.15) is 11.8 Å². The van der Waals surface area contributed by atoms with Crippen LogP contribution in [0.4, 0.5) is 5.69 Å². The molecule has 2 aromatic rings. The summed E-state index contributed by atoms with van der Waals surface area (Å²) in [7, 11) is 0. The highest BCUT2D eigenvalue weighted by Crippen LogP contribution is 2.34. The van der Waals surface area contributed by atoms with E-state index in [1.165, 1.54) is 0 Å². The minimum Gasteiger partial charge on any atom is -0.492 e. The van der Waals surface area contributed by atoms with Crippen LogP contribution < -0.4 is 20.7 Å². The van der Waals surface area contributed by atoms with Crippen LogP contribution in [0.1, 0.15) is 56.8 Å². The van der Waals surface area contributed by atoms with E-state index in [1.807, 2.05) is 12.1 Å². The lowest BCUT2D eigenvalue weighted by molar-refractivity contribution is -0.136. The maximum Gasteiger partial charge on any atom is 0.266 e. The molecule has 5 rings (SSSR count). The Morgan fingerprint density at radius 3 is 2.36 bits per heavy atom. The summed E-state index contributed by atoms with van der Waals surface area (Å²) in [5, 5.41) is 2.20. The van der Waals surface area contributed by atoms with Gasteiger partial charge in [0.25, 0.3) is 11.8 Å². The van der Waals surface area contributed by atoms with E-state index in [0.717, 1.165) is 36.5 Å². The number of piperidine rings is 2. The zero-order valence-corrected chi connectivity index (χ0v) is 19.6. The first kappa shape index (κ1) is 23.5. The van der Waals surface area contributed by atoms with Crippen molar-refractivity contribution in [2.45, 2.75) is 31.7 Å². The Bertz CT molecular complexity index is 1250. The number of carbonyl (C=O) groups is 5. The van der Waals surface area contributed by atoms with Crippen LogP contribution in [0.25, 0.3) is 0 Å². The number of nitrogens with zero attached hydrogens (tertiary/aromatic N) is 2.